The first-order valence-corrected chi connectivity index (χ1v) is 6.20. The predicted molar refractivity (Wildman–Crippen MR) is 79.6 cm³/mol. The number of primary amides is 1. The molecule has 10 heteroatoms. The van der Waals surface area contributed by atoms with E-state index in [0.29, 0.717) is 5.02 Å². The van der Waals surface area contributed by atoms with Gasteiger partial charge in [-0.05, 0) is 18.2 Å². The third-order valence-corrected chi connectivity index (χ3v) is 2.79. The minimum absolute atomic E-state index is 0.240. The van der Waals surface area contributed by atoms with Gasteiger partial charge in [-0.25, -0.2) is 19.6 Å². The molecular weight excluding hydrogens is 314 g/mol. The largest absolute Gasteiger partial charge is 0.493 e. The summed E-state index contributed by atoms with van der Waals surface area (Å²) in [4.78, 5) is 36.1. The number of rotatable bonds is 3. The van der Waals surface area contributed by atoms with E-state index in [1.165, 1.54) is 12.1 Å². The highest BCUT2D eigenvalue weighted by molar-refractivity contribution is 6.30. The molecule has 0 fully saturated rings. The van der Waals surface area contributed by atoms with Crippen LogP contribution in [-0.4, -0.2) is 26.9 Å². The molecular formula is C12H10ClN5O4. The molecule has 0 spiro atoms. The molecule has 1 aromatic carbocycles. The number of aromatic hydroxyl groups is 1. The van der Waals surface area contributed by atoms with Crippen molar-refractivity contribution in [3.63, 3.8) is 0 Å². The van der Waals surface area contributed by atoms with Crippen LogP contribution in [0.4, 0.5) is 4.79 Å². The molecule has 0 saturated carbocycles. The maximum Gasteiger partial charge on any atom is 0.335 e. The molecule has 0 atom stereocenters. The molecule has 2 rings (SSSR count). The number of hydrogen-bond donors (Lipinski definition) is 4. The van der Waals surface area contributed by atoms with E-state index in [9.17, 15) is 19.5 Å². The van der Waals surface area contributed by atoms with Gasteiger partial charge in [0.1, 0.15) is 5.56 Å². The fraction of sp³-hybridized carbons (Fsp3) is 0. The number of aromatic amines is 1. The third kappa shape index (κ3) is 3.15. The highest BCUT2D eigenvalue weighted by Crippen LogP contribution is 2.18. The van der Waals surface area contributed by atoms with E-state index in [1.807, 2.05) is 10.4 Å². The van der Waals surface area contributed by atoms with Gasteiger partial charge < -0.3 is 10.8 Å². The first-order valence-electron chi connectivity index (χ1n) is 5.83. The summed E-state index contributed by atoms with van der Waals surface area (Å²) in [5.74, 6) is -0.661. The second-order valence-corrected chi connectivity index (χ2v) is 4.48. The first kappa shape index (κ1) is 15.3. The molecule has 0 saturated heterocycles. The Morgan fingerprint density at radius 1 is 1.45 bits per heavy atom. The molecule has 2 amide bonds. The Hall–Kier alpha value is -3.07. The van der Waals surface area contributed by atoms with Crippen LogP contribution in [0.5, 0.6) is 5.88 Å². The number of urea groups is 1. The molecule has 0 bridgehead atoms. The van der Waals surface area contributed by atoms with Crippen LogP contribution in [0.25, 0.3) is 5.69 Å². The van der Waals surface area contributed by atoms with Crippen LogP contribution < -0.4 is 22.4 Å². The van der Waals surface area contributed by atoms with E-state index in [-0.39, 0.29) is 11.3 Å². The zero-order valence-electron chi connectivity index (χ0n) is 10.9. The molecule has 0 aliphatic heterocycles. The molecule has 1 heterocycles. The summed E-state index contributed by atoms with van der Waals surface area (Å²) >= 11 is 5.83. The van der Waals surface area contributed by atoms with E-state index in [1.54, 1.807) is 12.1 Å². The number of nitrogens with one attached hydrogen (secondary N) is 2. The Kier molecular flexibility index (Phi) is 4.28. The second kappa shape index (κ2) is 6.14. The summed E-state index contributed by atoms with van der Waals surface area (Å²) in [7, 11) is 0. The standard InChI is InChI=1S/C12H10ClN5O4/c13-6-2-1-3-7(4-6)18-10(20)8(5-15-17-11(14)21)9(19)16-12(18)22/h1-5,20H,(H3,14,17,21)(H,16,19,22). The summed E-state index contributed by atoms with van der Waals surface area (Å²) in [6.07, 6.45) is 0.861. The van der Waals surface area contributed by atoms with Crippen molar-refractivity contribution in [2.45, 2.75) is 0 Å². The van der Waals surface area contributed by atoms with Gasteiger partial charge in [0.15, 0.2) is 0 Å². The second-order valence-electron chi connectivity index (χ2n) is 4.05. The molecule has 5 N–H and O–H groups in total. The third-order valence-electron chi connectivity index (χ3n) is 2.56. The smallest absolute Gasteiger partial charge is 0.335 e. The van der Waals surface area contributed by atoms with Crippen molar-refractivity contribution in [1.82, 2.24) is 15.0 Å². The maximum atomic E-state index is 11.9. The van der Waals surface area contributed by atoms with Crippen LogP contribution in [0.2, 0.25) is 5.02 Å². The number of hydrazone groups is 1. The van der Waals surface area contributed by atoms with Crippen molar-refractivity contribution >= 4 is 23.8 Å². The van der Waals surface area contributed by atoms with Crippen molar-refractivity contribution < 1.29 is 9.90 Å². The van der Waals surface area contributed by atoms with Crippen LogP contribution in [0.1, 0.15) is 5.56 Å². The van der Waals surface area contributed by atoms with Crippen molar-refractivity contribution in [2.75, 3.05) is 0 Å². The lowest BCUT2D eigenvalue weighted by molar-refractivity contribution is 0.249. The van der Waals surface area contributed by atoms with E-state index in [4.69, 9.17) is 17.3 Å². The molecule has 1 aromatic heterocycles. The number of amides is 2. The number of H-pyrrole nitrogens is 1. The Morgan fingerprint density at radius 2 is 2.18 bits per heavy atom. The van der Waals surface area contributed by atoms with Crippen molar-refractivity contribution in [2.24, 2.45) is 10.8 Å². The zero-order valence-corrected chi connectivity index (χ0v) is 11.7. The summed E-state index contributed by atoms with van der Waals surface area (Å²) in [6, 6.07) is 5.13. The summed E-state index contributed by atoms with van der Waals surface area (Å²) in [5.41, 5.74) is 4.84. The lowest BCUT2D eigenvalue weighted by atomic mass is 10.3. The van der Waals surface area contributed by atoms with Crippen molar-refractivity contribution in [3.05, 3.63) is 55.7 Å². The van der Waals surface area contributed by atoms with Crippen LogP contribution >= 0.6 is 11.6 Å². The summed E-state index contributed by atoms with van der Waals surface area (Å²) in [6.45, 7) is 0. The molecule has 9 nitrogen and oxygen atoms in total. The minimum Gasteiger partial charge on any atom is -0.493 e. The molecule has 114 valence electrons. The summed E-state index contributed by atoms with van der Waals surface area (Å²) in [5, 5.41) is 13.8. The van der Waals surface area contributed by atoms with Gasteiger partial charge in [-0.3, -0.25) is 9.78 Å². The Labute approximate surface area is 127 Å². The van der Waals surface area contributed by atoms with E-state index < -0.39 is 23.2 Å². The lowest BCUT2D eigenvalue weighted by Gasteiger charge is -2.09. The fourth-order valence-electron chi connectivity index (χ4n) is 1.67. The molecule has 22 heavy (non-hydrogen) atoms. The van der Waals surface area contributed by atoms with Crippen LogP contribution in [0.3, 0.4) is 0 Å². The topological polar surface area (TPSA) is 143 Å². The van der Waals surface area contributed by atoms with E-state index >= 15 is 0 Å². The number of carbonyl (C=O) groups excluding carboxylic acids is 1. The average Bonchev–Trinajstić information content (AvgIpc) is 2.42. The number of nitrogens with two attached hydrogens (primary N) is 1. The highest BCUT2D eigenvalue weighted by atomic mass is 35.5. The van der Waals surface area contributed by atoms with Gasteiger partial charge in [-0.1, -0.05) is 17.7 Å². The Bertz CT molecular complexity index is 871. The molecule has 0 radical (unpaired) electrons. The minimum atomic E-state index is -0.949. The average molecular weight is 324 g/mol. The number of benzene rings is 1. The van der Waals surface area contributed by atoms with Gasteiger partial charge in [-0.2, -0.15) is 5.10 Å². The number of nitrogens with zero attached hydrogens (tertiary/aromatic N) is 2. The number of aromatic nitrogens is 2. The number of hydrogen-bond acceptors (Lipinski definition) is 5. The zero-order chi connectivity index (χ0) is 16.3. The maximum absolute atomic E-state index is 11.9. The van der Waals surface area contributed by atoms with E-state index in [0.717, 1.165) is 10.8 Å². The van der Waals surface area contributed by atoms with Crippen LogP contribution in [0, 0.1) is 0 Å². The van der Waals surface area contributed by atoms with Gasteiger partial charge in [0.05, 0.1) is 11.9 Å². The normalized spacial score (nSPS) is 10.8. The predicted octanol–water partition coefficient (Wildman–Crippen LogP) is -0.113. The number of halogens is 1. The fourth-order valence-corrected chi connectivity index (χ4v) is 1.85. The van der Waals surface area contributed by atoms with Gasteiger partial charge in [0, 0.05) is 5.02 Å². The molecule has 0 unspecified atom stereocenters. The molecule has 0 aliphatic rings. The summed E-state index contributed by atoms with van der Waals surface area (Å²) < 4.78 is 0.832. The van der Waals surface area contributed by atoms with Crippen LogP contribution in [0.15, 0.2) is 39.0 Å². The Morgan fingerprint density at radius 3 is 2.82 bits per heavy atom. The highest BCUT2D eigenvalue weighted by Gasteiger charge is 2.14. The quantitative estimate of drug-likeness (QED) is 0.461. The van der Waals surface area contributed by atoms with Crippen LogP contribution in [-0.2, 0) is 0 Å². The molecule has 0 aliphatic carbocycles. The lowest BCUT2D eigenvalue weighted by Crippen LogP contribution is -2.32. The first-order chi connectivity index (χ1) is 10.4. The van der Waals surface area contributed by atoms with Gasteiger partial charge >= 0.3 is 11.7 Å². The van der Waals surface area contributed by atoms with Gasteiger partial charge in [0.25, 0.3) is 5.56 Å². The monoisotopic (exact) mass is 323 g/mol. The SMILES string of the molecule is NC(=O)NN=Cc1c(O)n(-c2cccc(Cl)c2)c(=O)[nH]c1=O. The van der Waals surface area contributed by atoms with Gasteiger partial charge in [-0.15, -0.1) is 0 Å². The molecule has 2 aromatic rings. The number of carbonyl (C=O) groups is 1. The van der Waals surface area contributed by atoms with Gasteiger partial charge in [0.2, 0.25) is 5.88 Å². The van der Waals surface area contributed by atoms with Crippen molar-refractivity contribution in [1.29, 1.82) is 0 Å². The Balaban J connectivity index is 2.61. The van der Waals surface area contributed by atoms with Crippen molar-refractivity contribution in [3.8, 4) is 11.6 Å². The van der Waals surface area contributed by atoms with E-state index in [2.05, 4.69) is 5.10 Å².